The van der Waals surface area contributed by atoms with Crippen molar-refractivity contribution in [1.29, 1.82) is 5.26 Å². The molecule has 3 rings (SSSR count). The maximum atomic E-state index is 8.74. The largest absolute Gasteiger partial charge is 0.383 e. The van der Waals surface area contributed by atoms with E-state index in [4.69, 9.17) is 11.0 Å². The first kappa shape index (κ1) is 11.1. The second-order valence-electron chi connectivity index (χ2n) is 4.02. The molecule has 0 amide bonds. The molecule has 0 radical (unpaired) electrons. The third-order valence-corrected chi connectivity index (χ3v) is 2.80. The molecule has 0 unspecified atom stereocenters. The van der Waals surface area contributed by atoms with Crippen LogP contribution in [0.4, 0.5) is 5.82 Å². The van der Waals surface area contributed by atoms with E-state index in [0.717, 1.165) is 16.6 Å². The summed E-state index contributed by atoms with van der Waals surface area (Å²) in [4.78, 5) is 16.5. The molecule has 0 bridgehead atoms. The van der Waals surface area contributed by atoms with Crippen molar-refractivity contribution >= 4 is 16.9 Å². The summed E-state index contributed by atoms with van der Waals surface area (Å²) in [7, 11) is 1.86. The number of fused-ring (bicyclic) bond motifs is 1. The van der Waals surface area contributed by atoms with Gasteiger partial charge in [0.25, 0.3) is 0 Å². The molecule has 3 aromatic rings. The van der Waals surface area contributed by atoms with Crippen LogP contribution in [0, 0.1) is 11.3 Å². The molecule has 0 spiro atoms. The van der Waals surface area contributed by atoms with Crippen molar-refractivity contribution < 1.29 is 0 Å². The van der Waals surface area contributed by atoms with Crippen LogP contribution in [0.25, 0.3) is 22.4 Å². The summed E-state index contributed by atoms with van der Waals surface area (Å²) in [6.45, 7) is 0. The molecule has 0 aliphatic rings. The standard InChI is InChI=1S/C12H9N7/c1-19-5-8(9-10(14)17-6-18-12(9)19)11-15-3-7(2-13)4-16-11/h3-6H,1H3,(H2,14,17,18). The highest BCUT2D eigenvalue weighted by molar-refractivity contribution is 5.99. The van der Waals surface area contributed by atoms with Crippen molar-refractivity contribution in [2.24, 2.45) is 7.05 Å². The molecule has 3 heterocycles. The molecule has 0 aromatic carbocycles. The molecule has 0 saturated heterocycles. The van der Waals surface area contributed by atoms with E-state index in [9.17, 15) is 0 Å². The van der Waals surface area contributed by atoms with Gasteiger partial charge in [0.05, 0.1) is 16.5 Å². The minimum Gasteiger partial charge on any atom is -0.383 e. The Morgan fingerprint density at radius 2 is 1.95 bits per heavy atom. The Labute approximate surface area is 108 Å². The first-order valence-corrected chi connectivity index (χ1v) is 5.48. The number of nitriles is 1. The van der Waals surface area contributed by atoms with Gasteiger partial charge in [-0.05, 0) is 0 Å². The quantitative estimate of drug-likeness (QED) is 0.688. The lowest BCUT2D eigenvalue weighted by Gasteiger charge is -1.99. The molecule has 92 valence electrons. The Morgan fingerprint density at radius 3 is 2.63 bits per heavy atom. The van der Waals surface area contributed by atoms with E-state index in [0.29, 0.717) is 17.2 Å². The first-order valence-electron chi connectivity index (χ1n) is 5.48. The second-order valence-corrected chi connectivity index (χ2v) is 4.02. The van der Waals surface area contributed by atoms with Crippen molar-refractivity contribution in [2.75, 3.05) is 5.73 Å². The summed E-state index contributed by atoms with van der Waals surface area (Å²) in [5, 5.41) is 9.46. The molecular formula is C12H9N7. The molecule has 7 heteroatoms. The van der Waals surface area contributed by atoms with E-state index in [1.165, 1.54) is 18.7 Å². The van der Waals surface area contributed by atoms with Crippen LogP contribution < -0.4 is 5.73 Å². The Balaban J connectivity index is 2.28. The molecule has 0 atom stereocenters. The zero-order valence-electron chi connectivity index (χ0n) is 10.1. The smallest absolute Gasteiger partial charge is 0.161 e. The van der Waals surface area contributed by atoms with Gasteiger partial charge in [0.2, 0.25) is 0 Å². The lowest BCUT2D eigenvalue weighted by atomic mass is 10.2. The summed E-state index contributed by atoms with van der Waals surface area (Å²) >= 11 is 0. The zero-order chi connectivity index (χ0) is 13.4. The fourth-order valence-corrected chi connectivity index (χ4v) is 1.93. The van der Waals surface area contributed by atoms with E-state index < -0.39 is 0 Å². The van der Waals surface area contributed by atoms with Crippen LogP contribution in [-0.4, -0.2) is 24.5 Å². The number of aromatic nitrogens is 5. The predicted molar refractivity (Wildman–Crippen MR) is 68.7 cm³/mol. The number of hydrogen-bond acceptors (Lipinski definition) is 6. The normalized spacial score (nSPS) is 10.5. The van der Waals surface area contributed by atoms with Crippen molar-refractivity contribution in [3.63, 3.8) is 0 Å². The van der Waals surface area contributed by atoms with Gasteiger partial charge in [0, 0.05) is 25.6 Å². The monoisotopic (exact) mass is 251 g/mol. The number of anilines is 1. The lowest BCUT2D eigenvalue weighted by Crippen LogP contribution is -1.95. The van der Waals surface area contributed by atoms with Crippen molar-refractivity contribution in [3.05, 3.63) is 30.5 Å². The average Bonchev–Trinajstić information content (AvgIpc) is 2.78. The lowest BCUT2D eigenvalue weighted by molar-refractivity contribution is 0.943. The predicted octanol–water partition coefficient (Wildman–Crippen LogP) is 0.879. The van der Waals surface area contributed by atoms with E-state index in [2.05, 4.69) is 19.9 Å². The van der Waals surface area contributed by atoms with Crippen LogP contribution in [0.5, 0.6) is 0 Å². The Kier molecular flexibility index (Phi) is 2.35. The third-order valence-electron chi connectivity index (χ3n) is 2.80. The van der Waals surface area contributed by atoms with E-state index >= 15 is 0 Å². The van der Waals surface area contributed by atoms with Gasteiger partial charge in [-0.25, -0.2) is 19.9 Å². The zero-order valence-corrected chi connectivity index (χ0v) is 10.1. The van der Waals surface area contributed by atoms with Gasteiger partial charge in [-0.3, -0.25) is 0 Å². The van der Waals surface area contributed by atoms with Gasteiger partial charge in [0.15, 0.2) is 5.82 Å². The summed E-state index contributed by atoms with van der Waals surface area (Å²) in [5.41, 5.74) is 7.77. The maximum Gasteiger partial charge on any atom is 0.161 e. The minimum atomic E-state index is 0.383. The molecule has 0 aliphatic carbocycles. The summed E-state index contributed by atoms with van der Waals surface area (Å²) < 4.78 is 1.84. The number of nitrogens with zero attached hydrogens (tertiary/aromatic N) is 6. The van der Waals surface area contributed by atoms with Crippen molar-refractivity contribution in [3.8, 4) is 17.5 Å². The van der Waals surface area contributed by atoms with Crippen LogP contribution in [0.1, 0.15) is 5.56 Å². The first-order chi connectivity index (χ1) is 9.20. The molecule has 19 heavy (non-hydrogen) atoms. The highest BCUT2D eigenvalue weighted by Crippen LogP contribution is 2.29. The highest BCUT2D eigenvalue weighted by atomic mass is 15.0. The van der Waals surface area contributed by atoms with E-state index in [1.807, 2.05) is 23.9 Å². The van der Waals surface area contributed by atoms with Gasteiger partial charge >= 0.3 is 0 Å². The molecule has 0 saturated carbocycles. The SMILES string of the molecule is Cn1cc(-c2ncc(C#N)cn2)c2c(N)ncnc21. The Bertz CT molecular complexity index is 795. The molecule has 7 nitrogen and oxygen atoms in total. The summed E-state index contributed by atoms with van der Waals surface area (Å²) in [6.07, 6.45) is 6.21. The fourth-order valence-electron chi connectivity index (χ4n) is 1.93. The third kappa shape index (κ3) is 1.66. The van der Waals surface area contributed by atoms with Crippen molar-refractivity contribution in [1.82, 2.24) is 24.5 Å². The van der Waals surface area contributed by atoms with Crippen LogP contribution in [0.3, 0.4) is 0 Å². The van der Waals surface area contributed by atoms with Crippen LogP contribution in [0.15, 0.2) is 24.9 Å². The van der Waals surface area contributed by atoms with Gasteiger partial charge in [-0.1, -0.05) is 0 Å². The maximum absolute atomic E-state index is 8.74. The summed E-state index contributed by atoms with van der Waals surface area (Å²) in [6, 6.07) is 1.98. The average molecular weight is 251 g/mol. The summed E-state index contributed by atoms with van der Waals surface area (Å²) in [5.74, 6) is 0.875. The minimum absolute atomic E-state index is 0.383. The van der Waals surface area contributed by atoms with E-state index in [-0.39, 0.29) is 0 Å². The topological polar surface area (TPSA) is 106 Å². The number of nitrogen functional groups attached to an aromatic ring is 1. The number of nitrogens with two attached hydrogens (primary N) is 1. The molecule has 2 N–H and O–H groups in total. The van der Waals surface area contributed by atoms with Gasteiger partial charge < -0.3 is 10.3 Å². The highest BCUT2D eigenvalue weighted by Gasteiger charge is 2.15. The number of hydrogen-bond donors (Lipinski definition) is 1. The van der Waals surface area contributed by atoms with Crippen LogP contribution in [0.2, 0.25) is 0 Å². The molecule has 0 fully saturated rings. The van der Waals surface area contributed by atoms with Gasteiger partial charge in [-0.15, -0.1) is 0 Å². The second kappa shape index (κ2) is 4.03. The number of aryl methyl sites for hydroxylation is 1. The Morgan fingerprint density at radius 1 is 1.21 bits per heavy atom. The Hall–Kier alpha value is -3.01. The molecule has 0 aliphatic heterocycles. The molecule has 3 aromatic heterocycles. The van der Waals surface area contributed by atoms with Gasteiger partial charge in [-0.2, -0.15) is 5.26 Å². The van der Waals surface area contributed by atoms with E-state index in [1.54, 1.807) is 0 Å². The van der Waals surface area contributed by atoms with Crippen molar-refractivity contribution in [2.45, 2.75) is 0 Å². The van der Waals surface area contributed by atoms with Crippen LogP contribution >= 0.6 is 0 Å². The van der Waals surface area contributed by atoms with Gasteiger partial charge in [0.1, 0.15) is 23.9 Å². The fraction of sp³-hybridized carbons (Fsp3) is 0.0833. The van der Waals surface area contributed by atoms with Crippen LogP contribution in [-0.2, 0) is 7.05 Å². The number of rotatable bonds is 1. The molecular weight excluding hydrogens is 242 g/mol.